The molecule has 1 saturated carbocycles. The molecule has 0 bridgehead atoms. The first-order valence-electron chi connectivity index (χ1n) is 6.40. The molecule has 0 amide bonds. The van der Waals surface area contributed by atoms with Crippen LogP contribution in [0, 0.1) is 5.82 Å². The summed E-state index contributed by atoms with van der Waals surface area (Å²) in [7, 11) is 0. The lowest BCUT2D eigenvalue weighted by atomic mass is 10.1. The molecule has 1 aromatic carbocycles. The van der Waals surface area contributed by atoms with Gasteiger partial charge in [-0.1, -0.05) is 28.1 Å². The average Bonchev–Trinajstić information content (AvgIpc) is 3.14. The van der Waals surface area contributed by atoms with Gasteiger partial charge in [0.15, 0.2) is 0 Å². The normalized spacial score (nSPS) is 14.6. The molecule has 19 heavy (non-hydrogen) atoms. The van der Waals surface area contributed by atoms with Gasteiger partial charge in [-0.05, 0) is 46.9 Å². The predicted molar refractivity (Wildman–Crippen MR) is 82.6 cm³/mol. The molecule has 3 rings (SSSR count). The van der Waals surface area contributed by atoms with Crippen LogP contribution in [0.4, 0.5) is 10.1 Å². The molecule has 1 fully saturated rings. The van der Waals surface area contributed by atoms with Gasteiger partial charge in [-0.15, -0.1) is 0 Å². The fourth-order valence-corrected chi connectivity index (χ4v) is 3.46. The number of alkyl halides is 1. The number of hydrogen-bond acceptors (Lipinski definition) is 2. The Kier molecular flexibility index (Phi) is 3.89. The Hall–Kier alpha value is -0.870. The Balaban J connectivity index is 1.96. The molecule has 0 unspecified atom stereocenters. The third-order valence-electron chi connectivity index (χ3n) is 3.42. The van der Waals surface area contributed by atoms with Gasteiger partial charge in [-0.3, -0.25) is 0 Å². The zero-order valence-corrected chi connectivity index (χ0v) is 12.9. The van der Waals surface area contributed by atoms with Crippen LogP contribution >= 0.6 is 27.3 Å². The summed E-state index contributed by atoms with van der Waals surface area (Å²) in [5, 5.41) is 4.91. The SMILES string of the molecule is Fc1cccc(CBr)c1N(Cc1ccsc1)C1CC1. The highest BCUT2D eigenvalue weighted by Gasteiger charge is 2.32. The van der Waals surface area contributed by atoms with E-state index in [9.17, 15) is 4.39 Å². The van der Waals surface area contributed by atoms with Crippen LogP contribution in [0.2, 0.25) is 0 Å². The standard InChI is InChI=1S/C15H15BrFNS/c16-8-12-2-1-3-14(17)15(12)18(13-4-5-13)9-11-6-7-19-10-11/h1-3,6-7,10,13H,4-5,8-9H2. The molecule has 0 saturated heterocycles. The number of hydrogen-bond donors (Lipinski definition) is 0. The Morgan fingerprint density at radius 1 is 1.32 bits per heavy atom. The van der Waals surface area contributed by atoms with E-state index in [2.05, 4.69) is 37.7 Å². The molecule has 0 N–H and O–H groups in total. The molecule has 1 nitrogen and oxygen atoms in total. The minimum Gasteiger partial charge on any atom is -0.362 e. The third kappa shape index (κ3) is 2.84. The zero-order chi connectivity index (χ0) is 13.2. The van der Waals surface area contributed by atoms with Gasteiger partial charge in [0.25, 0.3) is 0 Å². The van der Waals surface area contributed by atoms with Crippen molar-refractivity contribution >= 4 is 33.0 Å². The van der Waals surface area contributed by atoms with Crippen LogP contribution in [0.25, 0.3) is 0 Å². The Bertz CT molecular complexity index is 551. The van der Waals surface area contributed by atoms with Crippen LogP contribution in [-0.2, 0) is 11.9 Å². The maximum absolute atomic E-state index is 14.2. The van der Waals surface area contributed by atoms with E-state index >= 15 is 0 Å². The van der Waals surface area contributed by atoms with Crippen molar-refractivity contribution in [2.24, 2.45) is 0 Å². The lowest BCUT2D eigenvalue weighted by molar-refractivity contribution is 0.613. The summed E-state index contributed by atoms with van der Waals surface area (Å²) >= 11 is 5.16. The molecule has 2 aromatic rings. The molecule has 0 radical (unpaired) electrons. The van der Waals surface area contributed by atoms with Gasteiger partial charge in [-0.2, -0.15) is 11.3 Å². The van der Waals surface area contributed by atoms with Crippen LogP contribution in [0.5, 0.6) is 0 Å². The quantitative estimate of drug-likeness (QED) is 0.696. The van der Waals surface area contributed by atoms with E-state index in [1.165, 1.54) is 18.4 Å². The van der Waals surface area contributed by atoms with Crippen molar-refractivity contribution in [2.45, 2.75) is 30.8 Å². The summed E-state index contributed by atoms with van der Waals surface area (Å²) in [6, 6.07) is 7.95. The molecule has 0 atom stereocenters. The molecule has 1 heterocycles. The summed E-state index contributed by atoms with van der Waals surface area (Å²) in [6.07, 6.45) is 2.33. The highest BCUT2D eigenvalue weighted by molar-refractivity contribution is 9.08. The second-order valence-electron chi connectivity index (χ2n) is 4.87. The molecule has 1 aliphatic rings. The molecule has 4 heteroatoms. The van der Waals surface area contributed by atoms with Gasteiger partial charge < -0.3 is 4.90 Å². The molecule has 1 aromatic heterocycles. The first-order valence-corrected chi connectivity index (χ1v) is 8.47. The van der Waals surface area contributed by atoms with E-state index in [0.29, 0.717) is 11.4 Å². The molecule has 0 spiro atoms. The second-order valence-corrected chi connectivity index (χ2v) is 6.21. The first-order chi connectivity index (χ1) is 9.29. The average molecular weight is 340 g/mol. The minimum absolute atomic E-state index is 0.112. The van der Waals surface area contributed by atoms with Gasteiger partial charge in [0.05, 0.1) is 5.69 Å². The van der Waals surface area contributed by atoms with E-state index in [1.807, 2.05) is 6.07 Å². The maximum atomic E-state index is 14.2. The number of anilines is 1. The van der Waals surface area contributed by atoms with Crippen LogP contribution in [0.3, 0.4) is 0 Å². The van der Waals surface area contributed by atoms with Crippen LogP contribution in [0.15, 0.2) is 35.0 Å². The Morgan fingerprint density at radius 3 is 2.79 bits per heavy atom. The van der Waals surface area contributed by atoms with E-state index < -0.39 is 0 Å². The topological polar surface area (TPSA) is 3.24 Å². The summed E-state index contributed by atoms with van der Waals surface area (Å²) < 4.78 is 14.2. The summed E-state index contributed by atoms with van der Waals surface area (Å²) in [4.78, 5) is 2.23. The predicted octanol–water partition coefficient (Wildman–Crippen LogP) is 4.95. The van der Waals surface area contributed by atoms with Crippen molar-refractivity contribution in [3.05, 3.63) is 52.0 Å². The number of halogens is 2. The van der Waals surface area contributed by atoms with Crippen molar-refractivity contribution in [2.75, 3.05) is 4.90 Å². The highest BCUT2D eigenvalue weighted by Crippen LogP contribution is 2.37. The van der Waals surface area contributed by atoms with E-state index in [0.717, 1.165) is 17.8 Å². The van der Waals surface area contributed by atoms with Crippen LogP contribution in [-0.4, -0.2) is 6.04 Å². The van der Waals surface area contributed by atoms with Crippen molar-refractivity contribution < 1.29 is 4.39 Å². The van der Waals surface area contributed by atoms with E-state index in [-0.39, 0.29) is 5.82 Å². The smallest absolute Gasteiger partial charge is 0.146 e. The second kappa shape index (κ2) is 5.63. The summed E-state index contributed by atoms with van der Waals surface area (Å²) in [6.45, 7) is 0.801. The number of para-hydroxylation sites is 1. The fourth-order valence-electron chi connectivity index (χ4n) is 2.35. The molecular weight excluding hydrogens is 325 g/mol. The van der Waals surface area contributed by atoms with Gasteiger partial charge >= 0.3 is 0 Å². The number of thiophene rings is 1. The van der Waals surface area contributed by atoms with E-state index in [4.69, 9.17) is 0 Å². The molecule has 0 aliphatic heterocycles. The first kappa shape index (κ1) is 13.1. The third-order valence-corrected chi connectivity index (χ3v) is 4.76. The number of benzene rings is 1. The monoisotopic (exact) mass is 339 g/mol. The number of rotatable bonds is 5. The maximum Gasteiger partial charge on any atom is 0.146 e. The Labute approximate surface area is 125 Å². The van der Waals surface area contributed by atoms with Crippen molar-refractivity contribution in [1.29, 1.82) is 0 Å². The molecule has 100 valence electrons. The highest BCUT2D eigenvalue weighted by atomic mass is 79.9. The summed E-state index contributed by atoms with van der Waals surface area (Å²) in [5.74, 6) is -0.112. The fraction of sp³-hybridized carbons (Fsp3) is 0.333. The van der Waals surface area contributed by atoms with Gasteiger partial charge in [0.2, 0.25) is 0 Å². The van der Waals surface area contributed by atoms with E-state index in [1.54, 1.807) is 23.5 Å². The Morgan fingerprint density at radius 2 is 2.16 bits per heavy atom. The van der Waals surface area contributed by atoms with Crippen molar-refractivity contribution in [3.63, 3.8) is 0 Å². The molecule has 1 aliphatic carbocycles. The van der Waals surface area contributed by atoms with Gasteiger partial charge in [0.1, 0.15) is 5.82 Å². The van der Waals surface area contributed by atoms with Crippen LogP contribution < -0.4 is 4.90 Å². The van der Waals surface area contributed by atoms with Crippen molar-refractivity contribution in [3.8, 4) is 0 Å². The zero-order valence-electron chi connectivity index (χ0n) is 10.5. The number of nitrogens with zero attached hydrogens (tertiary/aromatic N) is 1. The lowest BCUT2D eigenvalue weighted by Gasteiger charge is -2.27. The lowest BCUT2D eigenvalue weighted by Crippen LogP contribution is -2.26. The summed E-state index contributed by atoms with van der Waals surface area (Å²) in [5.41, 5.74) is 3.07. The van der Waals surface area contributed by atoms with Gasteiger partial charge in [-0.25, -0.2) is 4.39 Å². The molecular formula is C15H15BrFNS. The largest absolute Gasteiger partial charge is 0.362 e. The van der Waals surface area contributed by atoms with Crippen molar-refractivity contribution in [1.82, 2.24) is 0 Å². The minimum atomic E-state index is -0.112. The van der Waals surface area contributed by atoms with Gasteiger partial charge in [0, 0.05) is 17.9 Å². The van der Waals surface area contributed by atoms with Crippen LogP contribution in [0.1, 0.15) is 24.0 Å².